The summed E-state index contributed by atoms with van der Waals surface area (Å²) in [4.78, 5) is 13.9. The van der Waals surface area contributed by atoms with E-state index in [0.717, 1.165) is 45.4 Å². The summed E-state index contributed by atoms with van der Waals surface area (Å²) in [5.41, 5.74) is 5.93. The number of nitrogens with zero attached hydrogens (tertiary/aromatic N) is 1. The zero-order valence-corrected chi connectivity index (χ0v) is 11.7. The van der Waals surface area contributed by atoms with Crippen molar-refractivity contribution in [3.8, 4) is 0 Å². The first kappa shape index (κ1) is 15.4. The molecule has 3 N–H and O–H groups in total. The first-order chi connectivity index (χ1) is 8.56. The molecule has 18 heavy (non-hydrogen) atoms. The number of ether oxygens (including phenoxy) is 1. The summed E-state index contributed by atoms with van der Waals surface area (Å²) in [6.07, 6.45) is 4.74. The number of amides is 1. The van der Waals surface area contributed by atoms with Gasteiger partial charge in [0.05, 0.1) is 6.61 Å². The van der Waals surface area contributed by atoms with Gasteiger partial charge < -0.3 is 20.7 Å². The van der Waals surface area contributed by atoms with Crippen LogP contribution in [0.25, 0.3) is 0 Å². The highest BCUT2D eigenvalue weighted by molar-refractivity contribution is 5.77. The molecule has 5 nitrogen and oxygen atoms in total. The van der Waals surface area contributed by atoms with Crippen LogP contribution in [0.1, 0.15) is 32.1 Å². The smallest absolute Gasteiger partial charge is 0.221 e. The summed E-state index contributed by atoms with van der Waals surface area (Å²) in [6, 6.07) is 0. The standard InChI is InChI=1S/C13H27N3O2/c1-16(9-10-18-2)8-7-15-12(17)11-13(14)5-3-4-6-13/h3-11,14H2,1-2H3,(H,15,17). The first-order valence-electron chi connectivity index (χ1n) is 6.79. The lowest BCUT2D eigenvalue weighted by atomic mass is 9.94. The summed E-state index contributed by atoms with van der Waals surface area (Å²) in [7, 11) is 3.71. The van der Waals surface area contributed by atoms with E-state index in [0.29, 0.717) is 13.0 Å². The number of nitrogens with two attached hydrogens (primary N) is 1. The Hall–Kier alpha value is -0.650. The quantitative estimate of drug-likeness (QED) is 0.658. The lowest BCUT2D eigenvalue weighted by Gasteiger charge is -2.23. The summed E-state index contributed by atoms with van der Waals surface area (Å²) in [6.45, 7) is 3.12. The fourth-order valence-corrected chi connectivity index (χ4v) is 2.38. The Bertz CT molecular complexity index is 253. The van der Waals surface area contributed by atoms with E-state index in [4.69, 9.17) is 10.5 Å². The van der Waals surface area contributed by atoms with E-state index in [1.807, 2.05) is 7.05 Å². The largest absolute Gasteiger partial charge is 0.383 e. The van der Waals surface area contributed by atoms with Gasteiger partial charge in [0.1, 0.15) is 0 Å². The predicted octanol–water partition coefficient (Wildman–Crippen LogP) is 0.342. The SMILES string of the molecule is COCCN(C)CCNC(=O)CC1(N)CCCC1. The topological polar surface area (TPSA) is 67.6 Å². The third kappa shape index (κ3) is 5.80. The summed E-state index contributed by atoms with van der Waals surface area (Å²) in [5, 5.41) is 2.94. The molecule has 0 saturated heterocycles. The Morgan fingerprint density at radius 3 is 2.67 bits per heavy atom. The van der Waals surface area contributed by atoms with Crippen LogP contribution in [0.3, 0.4) is 0 Å². The molecule has 0 aromatic heterocycles. The van der Waals surface area contributed by atoms with Gasteiger partial charge in [0.2, 0.25) is 5.91 Å². The zero-order chi connectivity index (χ0) is 13.4. The van der Waals surface area contributed by atoms with Crippen LogP contribution in [0.4, 0.5) is 0 Å². The Labute approximate surface area is 110 Å². The van der Waals surface area contributed by atoms with Crippen molar-refractivity contribution in [3.63, 3.8) is 0 Å². The van der Waals surface area contributed by atoms with Crippen molar-refractivity contribution in [1.82, 2.24) is 10.2 Å². The molecule has 0 atom stereocenters. The van der Waals surface area contributed by atoms with Crippen molar-refractivity contribution >= 4 is 5.91 Å². The fourth-order valence-electron chi connectivity index (χ4n) is 2.38. The minimum absolute atomic E-state index is 0.0829. The van der Waals surface area contributed by atoms with Crippen LogP contribution < -0.4 is 11.1 Å². The molecule has 1 rings (SSSR count). The minimum atomic E-state index is -0.244. The van der Waals surface area contributed by atoms with Crippen LogP contribution in [0, 0.1) is 0 Å². The molecule has 0 spiro atoms. The second-order valence-corrected chi connectivity index (χ2v) is 5.39. The van der Waals surface area contributed by atoms with Crippen LogP contribution in [-0.4, -0.2) is 56.7 Å². The molecular weight excluding hydrogens is 230 g/mol. The van der Waals surface area contributed by atoms with Gasteiger partial charge in [-0.1, -0.05) is 12.8 Å². The van der Waals surface area contributed by atoms with Crippen molar-refractivity contribution < 1.29 is 9.53 Å². The monoisotopic (exact) mass is 257 g/mol. The van der Waals surface area contributed by atoms with Crippen molar-refractivity contribution in [2.75, 3.05) is 40.4 Å². The Morgan fingerprint density at radius 1 is 1.39 bits per heavy atom. The molecule has 0 bridgehead atoms. The van der Waals surface area contributed by atoms with Crippen LogP contribution in [0.2, 0.25) is 0 Å². The van der Waals surface area contributed by atoms with E-state index >= 15 is 0 Å². The molecule has 1 aliphatic rings. The van der Waals surface area contributed by atoms with Crippen molar-refractivity contribution in [1.29, 1.82) is 0 Å². The molecule has 106 valence electrons. The van der Waals surface area contributed by atoms with E-state index in [1.165, 1.54) is 0 Å². The number of carbonyl (C=O) groups excluding carboxylic acids is 1. The number of likely N-dealkylation sites (N-methyl/N-ethyl adjacent to an activating group) is 1. The first-order valence-corrected chi connectivity index (χ1v) is 6.79. The molecule has 0 heterocycles. The third-order valence-corrected chi connectivity index (χ3v) is 3.60. The number of rotatable bonds is 8. The highest BCUT2D eigenvalue weighted by Gasteiger charge is 2.31. The number of hydrogen-bond donors (Lipinski definition) is 2. The number of nitrogens with one attached hydrogen (secondary N) is 1. The summed E-state index contributed by atoms with van der Waals surface area (Å²) < 4.78 is 5.00. The lowest BCUT2D eigenvalue weighted by molar-refractivity contribution is -0.122. The van der Waals surface area contributed by atoms with Crippen LogP contribution >= 0.6 is 0 Å². The molecule has 0 radical (unpaired) electrons. The maximum Gasteiger partial charge on any atom is 0.221 e. The van der Waals surface area contributed by atoms with Gasteiger partial charge in [0.15, 0.2) is 0 Å². The zero-order valence-electron chi connectivity index (χ0n) is 11.7. The van der Waals surface area contributed by atoms with Gasteiger partial charge in [-0.25, -0.2) is 0 Å². The fraction of sp³-hybridized carbons (Fsp3) is 0.923. The summed E-state index contributed by atoms with van der Waals surface area (Å²) >= 11 is 0. The maximum atomic E-state index is 11.8. The van der Waals surface area contributed by atoms with Crippen molar-refractivity contribution in [3.05, 3.63) is 0 Å². The van der Waals surface area contributed by atoms with E-state index in [1.54, 1.807) is 7.11 Å². The van der Waals surface area contributed by atoms with Gasteiger partial charge in [0.25, 0.3) is 0 Å². The van der Waals surface area contributed by atoms with Gasteiger partial charge in [-0.2, -0.15) is 0 Å². The maximum absolute atomic E-state index is 11.8. The Kier molecular flexibility index (Phi) is 6.60. The number of methoxy groups -OCH3 is 1. The van der Waals surface area contributed by atoms with Gasteiger partial charge in [0, 0.05) is 38.7 Å². The number of carbonyl (C=O) groups is 1. The van der Waals surface area contributed by atoms with E-state index in [-0.39, 0.29) is 11.4 Å². The van der Waals surface area contributed by atoms with Gasteiger partial charge >= 0.3 is 0 Å². The Balaban J connectivity index is 2.09. The second-order valence-electron chi connectivity index (χ2n) is 5.39. The second kappa shape index (κ2) is 7.71. The molecule has 0 aliphatic heterocycles. The van der Waals surface area contributed by atoms with Crippen molar-refractivity contribution in [2.24, 2.45) is 5.73 Å². The Morgan fingerprint density at radius 2 is 2.06 bits per heavy atom. The van der Waals surface area contributed by atoms with Gasteiger partial charge in [-0.05, 0) is 19.9 Å². The summed E-state index contributed by atoms with van der Waals surface area (Å²) in [5.74, 6) is 0.0829. The molecule has 1 aliphatic carbocycles. The molecule has 1 amide bonds. The molecule has 1 fully saturated rings. The third-order valence-electron chi connectivity index (χ3n) is 3.60. The molecule has 0 aromatic rings. The average Bonchev–Trinajstić information content (AvgIpc) is 2.72. The minimum Gasteiger partial charge on any atom is -0.383 e. The highest BCUT2D eigenvalue weighted by atomic mass is 16.5. The van der Waals surface area contributed by atoms with Gasteiger partial charge in [-0.3, -0.25) is 4.79 Å². The molecule has 5 heteroatoms. The molecule has 0 aromatic carbocycles. The average molecular weight is 257 g/mol. The predicted molar refractivity (Wildman–Crippen MR) is 72.4 cm³/mol. The van der Waals surface area contributed by atoms with E-state index in [9.17, 15) is 4.79 Å². The van der Waals surface area contributed by atoms with Crippen LogP contribution in [-0.2, 0) is 9.53 Å². The molecule has 1 saturated carbocycles. The lowest BCUT2D eigenvalue weighted by Crippen LogP contribution is -2.43. The van der Waals surface area contributed by atoms with Gasteiger partial charge in [-0.15, -0.1) is 0 Å². The normalized spacial score (nSPS) is 18.2. The van der Waals surface area contributed by atoms with Crippen LogP contribution in [0.5, 0.6) is 0 Å². The van der Waals surface area contributed by atoms with Crippen LogP contribution in [0.15, 0.2) is 0 Å². The van der Waals surface area contributed by atoms with E-state index < -0.39 is 0 Å². The molecule has 0 unspecified atom stereocenters. The molecular formula is C13H27N3O2. The van der Waals surface area contributed by atoms with Crippen molar-refractivity contribution in [2.45, 2.75) is 37.6 Å². The number of hydrogen-bond acceptors (Lipinski definition) is 4. The highest BCUT2D eigenvalue weighted by Crippen LogP contribution is 2.29. The van der Waals surface area contributed by atoms with E-state index in [2.05, 4.69) is 10.2 Å².